The van der Waals surface area contributed by atoms with E-state index in [1.165, 1.54) is 0 Å². The van der Waals surface area contributed by atoms with E-state index in [9.17, 15) is 4.79 Å². The molecule has 0 saturated carbocycles. The molecule has 0 unspecified atom stereocenters. The van der Waals surface area contributed by atoms with Crippen LogP contribution in [0.15, 0.2) is 24.4 Å². The number of aliphatic carboxylic acids is 1. The van der Waals surface area contributed by atoms with E-state index < -0.39 is 5.97 Å². The fourth-order valence-electron chi connectivity index (χ4n) is 2.14. The van der Waals surface area contributed by atoms with Crippen LogP contribution in [0.5, 0.6) is 0 Å². The Morgan fingerprint density at radius 3 is 2.94 bits per heavy atom. The molecule has 0 aliphatic rings. The number of aryl methyl sites for hydroxylation is 2. The predicted octanol–water partition coefficient (Wildman–Crippen LogP) is 3.24. The SMILES string of the molecule is Cn1cc(Cl)c2cccc(CCCC(=O)O)c21. The average Bonchev–Trinajstić information content (AvgIpc) is 2.55. The molecule has 17 heavy (non-hydrogen) atoms. The van der Waals surface area contributed by atoms with E-state index >= 15 is 0 Å². The molecule has 1 heterocycles. The number of para-hydroxylation sites is 1. The van der Waals surface area contributed by atoms with Gasteiger partial charge in [-0.15, -0.1) is 0 Å². The summed E-state index contributed by atoms with van der Waals surface area (Å²) in [4.78, 5) is 10.5. The summed E-state index contributed by atoms with van der Waals surface area (Å²) in [5.41, 5.74) is 2.25. The molecule has 1 N–H and O–H groups in total. The van der Waals surface area contributed by atoms with Crippen LogP contribution in [0.25, 0.3) is 10.9 Å². The van der Waals surface area contributed by atoms with E-state index in [4.69, 9.17) is 16.7 Å². The number of fused-ring (bicyclic) bond motifs is 1. The smallest absolute Gasteiger partial charge is 0.303 e. The molecule has 1 aromatic heterocycles. The molecule has 0 atom stereocenters. The lowest BCUT2D eigenvalue weighted by atomic mass is 10.1. The van der Waals surface area contributed by atoms with E-state index in [1.54, 1.807) is 0 Å². The van der Waals surface area contributed by atoms with E-state index in [1.807, 2.05) is 36.0 Å². The van der Waals surface area contributed by atoms with Crippen molar-refractivity contribution in [1.29, 1.82) is 0 Å². The third kappa shape index (κ3) is 2.44. The zero-order valence-corrected chi connectivity index (χ0v) is 10.4. The van der Waals surface area contributed by atoms with Crippen LogP contribution in [0.4, 0.5) is 0 Å². The van der Waals surface area contributed by atoms with Crippen LogP contribution in [0.2, 0.25) is 5.02 Å². The van der Waals surface area contributed by atoms with Crippen molar-refractivity contribution < 1.29 is 9.90 Å². The average molecular weight is 252 g/mol. The van der Waals surface area contributed by atoms with E-state index in [2.05, 4.69) is 0 Å². The summed E-state index contributed by atoms with van der Waals surface area (Å²) in [6.45, 7) is 0. The van der Waals surface area contributed by atoms with Gasteiger partial charge in [-0.3, -0.25) is 4.79 Å². The van der Waals surface area contributed by atoms with Crippen LogP contribution in [0, 0.1) is 0 Å². The Kier molecular flexibility index (Phi) is 3.38. The number of aromatic nitrogens is 1. The van der Waals surface area contributed by atoms with E-state index in [0.29, 0.717) is 6.42 Å². The van der Waals surface area contributed by atoms with Crippen molar-refractivity contribution in [3.63, 3.8) is 0 Å². The molecule has 0 saturated heterocycles. The molecule has 0 radical (unpaired) electrons. The molecule has 2 aromatic rings. The summed E-state index contributed by atoms with van der Waals surface area (Å²) in [5, 5.41) is 10.4. The molecule has 0 spiro atoms. The van der Waals surface area contributed by atoms with Gasteiger partial charge >= 0.3 is 5.97 Å². The fraction of sp³-hybridized carbons (Fsp3) is 0.308. The number of carboxylic acid groups (broad SMARTS) is 1. The third-order valence-electron chi connectivity index (χ3n) is 2.87. The molecule has 3 nitrogen and oxygen atoms in total. The van der Waals surface area contributed by atoms with Crippen LogP contribution < -0.4 is 0 Å². The zero-order valence-electron chi connectivity index (χ0n) is 9.61. The number of hydrogen-bond donors (Lipinski definition) is 1. The van der Waals surface area contributed by atoms with Crippen molar-refractivity contribution in [1.82, 2.24) is 4.57 Å². The molecule has 90 valence electrons. The van der Waals surface area contributed by atoms with Crippen molar-refractivity contribution in [3.8, 4) is 0 Å². The van der Waals surface area contributed by atoms with E-state index in [0.717, 1.165) is 27.9 Å². The highest BCUT2D eigenvalue weighted by Gasteiger charge is 2.09. The number of carboxylic acids is 1. The maximum Gasteiger partial charge on any atom is 0.303 e. The second-order valence-electron chi connectivity index (χ2n) is 4.15. The Balaban J connectivity index is 2.31. The first-order valence-corrected chi connectivity index (χ1v) is 5.91. The lowest BCUT2D eigenvalue weighted by molar-refractivity contribution is -0.137. The van der Waals surface area contributed by atoms with Gasteiger partial charge in [0, 0.05) is 25.1 Å². The normalized spacial score (nSPS) is 10.9. The van der Waals surface area contributed by atoms with Gasteiger partial charge in [0.25, 0.3) is 0 Å². The minimum atomic E-state index is -0.748. The van der Waals surface area contributed by atoms with Gasteiger partial charge in [0.1, 0.15) is 0 Å². The topological polar surface area (TPSA) is 42.2 Å². The number of benzene rings is 1. The van der Waals surface area contributed by atoms with Crippen LogP contribution >= 0.6 is 11.6 Å². The first kappa shape index (κ1) is 12.0. The van der Waals surface area contributed by atoms with Gasteiger partial charge in [0.05, 0.1) is 10.5 Å². The maximum atomic E-state index is 10.5. The largest absolute Gasteiger partial charge is 0.481 e. The highest BCUT2D eigenvalue weighted by atomic mass is 35.5. The fourth-order valence-corrected chi connectivity index (χ4v) is 2.44. The second-order valence-corrected chi connectivity index (χ2v) is 4.56. The van der Waals surface area contributed by atoms with Crippen LogP contribution in [0.3, 0.4) is 0 Å². The van der Waals surface area contributed by atoms with Gasteiger partial charge in [-0.05, 0) is 18.4 Å². The monoisotopic (exact) mass is 251 g/mol. The van der Waals surface area contributed by atoms with Gasteiger partial charge in [0.15, 0.2) is 0 Å². The number of hydrogen-bond acceptors (Lipinski definition) is 1. The summed E-state index contributed by atoms with van der Waals surface area (Å²) in [7, 11) is 1.95. The minimum absolute atomic E-state index is 0.203. The summed E-state index contributed by atoms with van der Waals surface area (Å²) >= 11 is 6.12. The summed E-state index contributed by atoms with van der Waals surface area (Å²) in [6, 6.07) is 5.98. The van der Waals surface area contributed by atoms with Crippen LogP contribution in [0.1, 0.15) is 18.4 Å². The molecule has 0 amide bonds. The lowest BCUT2D eigenvalue weighted by Crippen LogP contribution is -1.97. The molecule has 0 aliphatic heterocycles. The number of nitrogens with zero attached hydrogens (tertiary/aromatic N) is 1. The van der Waals surface area contributed by atoms with Crippen molar-refractivity contribution in [3.05, 3.63) is 35.0 Å². The maximum absolute atomic E-state index is 10.5. The molecule has 2 rings (SSSR count). The van der Waals surface area contributed by atoms with Crippen LogP contribution in [-0.2, 0) is 18.3 Å². The molecule has 1 aromatic carbocycles. The first-order chi connectivity index (χ1) is 8.09. The zero-order chi connectivity index (χ0) is 12.4. The Morgan fingerprint density at radius 1 is 1.47 bits per heavy atom. The summed E-state index contributed by atoms with van der Waals surface area (Å²) in [5.74, 6) is -0.748. The third-order valence-corrected chi connectivity index (χ3v) is 3.17. The Bertz CT molecular complexity index is 560. The first-order valence-electron chi connectivity index (χ1n) is 5.54. The standard InChI is InChI=1S/C13H14ClNO2/c1-15-8-11(14)10-6-2-4-9(13(10)15)5-3-7-12(16)17/h2,4,6,8H,3,5,7H2,1H3,(H,16,17). The Hall–Kier alpha value is -1.48. The van der Waals surface area contributed by atoms with Crippen LogP contribution in [-0.4, -0.2) is 15.6 Å². The van der Waals surface area contributed by atoms with Gasteiger partial charge in [-0.25, -0.2) is 0 Å². The summed E-state index contributed by atoms with van der Waals surface area (Å²) < 4.78 is 1.99. The molecular weight excluding hydrogens is 238 g/mol. The number of rotatable bonds is 4. The Morgan fingerprint density at radius 2 is 2.24 bits per heavy atom. The molecule has 0 aliphatic carbocycles. The lowest BCUT2D eigenvalue weighted by Gasteiger charge is -2.05. The summed E-state index contributed by atoms with van der Waals surface area (Å²) in [6.07, 6.45) is 3.50. The van der Waals surface area contributed by atoms with Gasteiger partial charge in [0.2, 0.25) is 0 Å². The highest BCUT2D eigenvalue weighted by Crippen LogP contribution is 2.28. The Labute approximate surface area is 105 Å². The molecule has 0 fully saturated rings. The minimum Gasteiger partial charge on any atom is -0.481 e. The second kappa shape index (κ2) is 4.80. The molecular formula is C13H14ClNO2. The van der Waals surface area contributed by atoms with Gasteiger partial charge in [-0.1, -0.05) is 29.8 Å². The number of carbonyl (C=O) groups is 1. The molecule has 0 bridgehead atoms. The molecule has 4 heteroatoms. The van der Waals surface area contributed by atoms with Gasteiger partial charge in [-0.2, -0.15) is 0 Å². The van der Waals surface area contributed by atoms with Crippen molar-refractivity contribution >= 4 is 28.5 Å². The number of halogens is 1. The van der Waals surface area contributed by atoms with Crippen molar-refractivity contribution in [2.75, 3.05) is 0 Å². The van der Waals surface area contributed by atoms with Gasteiger partial charge < -0.3 is 9.67 Å². The highest BCUT2D eigenvalue weighted by molar-refractivity contribution is 6.35. The quantitative estimate of drug-likeness (QED) is 0.907. The van der Waals surface area contributed by atoms with Crippen molar-refractivity contribution in [2.45, 2.75) is 19.3 Å². The van der Waals surface area contributed by atoms with E-state index in [-0.39, 0.29) is 6.42 Å². The predicted molar refractivity (Wildman–Crippen MR) is 68.5 cm³/mol. The van der Waals surface area contributed by atoms with Crippen molar-refractivity contribution in [2.24, 2.45) is 7.05 Å².